The molecule has 0 saturated carbocycles. The Morgan fingerprint density at radius 3 is 2.36 bits per heavy atom. The molecule has 0 spiro atoms. The fourth-order valence-electron chi connectivity index (χ4n) is 2.99. The predicted octanol–water partition coefficient (Wildman–Crippen LogP) is 3.77. The van der Waals surface area contributed by atoms with Crippen molar-refractivity contribution >= 4 is 23.2 Å². The molecule has 1 saturated heterocycles. The van der Waals surface area contributed by atoms with Gasteiger partial charge in [0.15, 0.2) is 0 Å². The molecule has 3 rings (SSSR count). The highest BCUT2D eigenvalue weighted by Gasteiger charge is 2.31. The van der Waals surface area contributed by atoms with Gasteiger partial charge in [-0.05, 0) is 12.1 Å². The van der Waals surface area contributed by atoms with Gasteiger partial charge in [-0.2, -0.15) is 13.2 Å². The molecule has 0 unspecified atom stereocenters. The van der Waals surface area contributed by atoms with Crippen molar-refractivity contribution in [2.45, 2.75) is 20.0 Å². The number of nitrogens with zero attached hydrogens (tertiary/aromatic N) is 3. The summed E-state index contributed by atoms with van der Waals surface area (Å²) >= 11 is 1.13. The zero-order valence-corrected chi connectivity index (χ0v) is 16.3. The minimum Gasteiger partial charge on any atom is -0.339 e. The second-order valence-electron chi connectivity index (χ2n) is 6.89. The lowest BCUT2D eigenvalue weighted by Gasteiger charge is -2.35. The third-order valence-electron chi connectivity index (χ3n) is 4.53. The van der Waals surface area contributed by atoms with Crippen LogP contribution in [0.1, 0.15) is 29.9 Å². The third-order valence-corrected chi connectivity index (χ3v) is 5.42. The van der Waals surface area contributed by atoms with E-state index in [1.54, 1.807) is 21.2 Å². The van der Waals surface area contributed by atoms with Gasteiger partial charge in [0.1, 0.15) is 10.7 Å². The Balaban J connectivity index is 1.69. The second kappa shape index (κ2) is 7.90. The van der Waals surface area contributed by atoms with Gasteiger partial charge in [0.05, 0.1) is 5.56 Å². The zero-order chi connectivity index (χ0) is 20.5. The quantitative estimate of drug-likeness (QED) is 0.773. The van der Waals surface area contributed by atoms with E-state index in [1.165, 1.54) is 6.07 Å². The van der Waals surface area contributed by atoms with Crippen molar-refractivity contribution in [2.24, 2.45) is 5.92 Å². The van der Waals surface area contributed by atoms with Crippen molar-refractivity contribution in [3.8, 4) is 10.6 Å². The molecule has 0 N–H and O–H groups in total. The summed E-state index contributed by atoms with van der Waals surface area (Å²) in [5.74, 6) is -0.297. The Kier molecular flexibility index (Phi) is 5.74. The lowest BCUT2D eigenvalue weighted by molar-refractivity contribution is -0.137. The van der Waals surface area contributed by atoms with Crippen LogP contribution in [-0.4, -0.2) is 52.8 Å². The average molecular weight is 411 g/mol. The third kappa shape index (κ3) is 4.35. The summed E-state index contributed by atoms with van der Waals surface area (Å²) in [4.78, 5) is 32.3. The molecular formula is C19H20F3N3O2S. The van der Waals surface area contributed by atoms with Crippen molar-refractivity contribution in [3.63, 3.8) is 0 Å². The second-order valence-corrected chi connectivity index (χ2v) is 7.75. The number of carbonyl (C=O) groups excluding carboxylic acids is 2. The average Bonchev–Trinajstić information content (AvgIpc) is 3.16. The van der Waals surface area contributed by atoms with Crippen LogP contribution >= 0.6 is 11.3 Å². The minimum absolute atomic E-state index is 0.0626. The molecule has 1 aromatic heterocycles. The highest BCUT2D eigenvalue weighted by molar-refractivity contribution is 7.13. The van der Waals surface area contributed by atoms with Crippen molar-refractivity contribution in [1.82, 2.24) is 14.8 Å². The number of hydrogen-bond acceptors (Lipinski definition) is 4. The number of thiazole rings is 1. The lowest BCUT2D eigenvalue weighted by atomic mass is 10.1. The normalized spacial score (nSPS) is 15.2. The van der Waals surface area contributed by atoms with Gasteiger partial charge in [-0.3, -0.25) is 9.59 Å². The van der Waals surface area contributed by atoms with Crippen molar-refractivity contribution < 1.29 is 22.8 Å². The summed E-state index contributed by atoms with van der Waals surface area (Å²) in [5.41, 5.74) is -0.216. The molecular weight excluding hydrogens is 391 g/mol. The monoisotopic (exact) mass is 411 g/mol. The Labute approximate surface area is 164 Å². The minimum atomic E-state index is -4.43. The fraction of sp³-hybridized carbons (Fsp3) is 0.421. The molecule has 9 heteroatoms. The highest BCUT2D eigenvalue weighted by atomic mass is 32.1. The molecule has 5 nitrogen and oxygen atoms in total. The van der Waals surface area contributed by atoms with Gasteiger partial charge in [0.25, 0.3) is 5.91 Å². The molecule has 1 fully saturated rings. The van der Waals surface area contributed by atoms with E-state index in [4.69, 9.17) is 0 Å². The summed E-state index contributed by atoms with van der Waals surface area (Å²) in [5, 5.41) is 1.92. The zero-order valence-electron chi connectivity index (χ0n) is 15.5. The Bertz CT molecular complexity index is 871. The molecule has 28 heavy (non-hydrogen) atoms. The molecule has 1 aliphatic heterocycles. The van der Waals surface area contributed by atoms with Gasteiger partial charge < -0.3 is 9.80 Å². The van der Waals surface area contributed by atoms with Crippen molar-refractivity contribution in [3.05, 3.63) is 40.9 Å². The van der Waals surface area contributed by atoms with Crippen LogP contribution in [0.5, 0.6) is 0 Å². The fourth-order valence-corrected chi connectivity index (χ4v) is 3.78. The van der Waals surface area contributed by atoms with Crippen molar-refractivity contribution in [2.75, 3.05) is 26.2 Å². The Morgan fingerprint density at radius 2 is 1.75 bits per heavy atom. The first-order valence-electron chi connectivity index (χ1n) is 8.88. The van der Waals surface area contributed by atoms with E-state index >= 15 is 0 Å². The summed E-state index contributed by atoms with van der Waals surface area (Å²) in [7, 11) is 0. The predicted molar refractivity (Wildman–Crippen MR) is 99.9 cm³/mol. The molecule has 0 atom stereocenters. The molecule has 2 heterocycles. The first-order valence-corrected chi connectivity index (χ1v) is 9.76. The summed E-state index contributed by atoms with van der Waals surface area (Å²) < 4.78 is 38.7. The molecule has 150 valence electrons. The maximum atomic E-state index is 12.9. The number of hydrogen-bond donors (Lipinski definition) is 0. The van der Waals surface area contributed by atoms with Crippen molar-refractivity contribution in [1.29, 1.82) is 0 Å². The van der Waals surface area contributed by atoms with Crippen LogP contribution in [0.3, 0.4) is 0 Å². The van der Waals surface area contributed by atoms with Gasteiger partial charge in [-0.15, -0.1) is 11.3 Å². The summed E-state index contributed by atoms with van der Waals surface area (Å²) in [6.07, 6.45) is -4.43. The molecule has 0 bridgehead atoms. The van der Waals surface area contributed by atoms with E-state index in [2.05, 4.69) is 4.98 Å². The van der Waals surface area contributed by atoms with Crippen LogP contribution in [0, 0.1) is 5.92 Å². The van der Waals surface area contributed by atoms with Crippen LogP contribution in [0.25, 0.3) is 10.6 Å². The van der Waals surface area contributed by atoms with E-state index in [0.29, 0.717) is 36.8 Å². The van der Waals surface area contributed by atoms with Crippen LogP contribution in [0.4, 0.5) is 13.2 Å². The first kappa shape index (κ1) is 20.3. The van der Waals surface area contributed by atoms with Crippen LogP contribution in [-0.2, 0) is 11.0 Å². The highest BCUT2D eigenvalue weighted by Crippen LogP contribution is 2.33. The maximum Gasteiger partial charge on any atom is 0.416 e. The number of amides is 2. The Hall–Kier alpha value is -2.42. The molecule has 2 aromatic rings. The van der Waals surface area contributed by atoms with Gasteiger partial charge in [-0.25, -0.2) is 4.98 Å². The number of carbonyl (C=O) groups is 2. The summed E-state index contributed by atoms with van der Waals surface area (Å²) in [6.45, 7) is 5.43. The largest absolute Gasteiger partial charge is 0.416 e. The van der Waals surface area contributed by atoms with E-state index < -0.39 is 11.7 Å². The maximum absolute atomic E-state index is 12.9. The topological polar surface area (TPSA) is 53.5 Å². The molecule has 0 aliphatic carbocycles. The van der Waals surface area contributed by atoms with Crippen LogP contribution < -0.4 is 0 Å². The van der Waals surface area contributed by atoms with Crippen LogP contribution in [0.15, 0.2) is 29.6 Å². The molecule has 1 aliphatic rings. The van der Waals surface area contributed by atoms with Gasteiger partial charge in [-0.1, -0.05) is 26.0 Å². The van der Waals surface area contributed by atoms with Gasteiger partial charge in [0, 0.05) is 43.0 Å². The molecule has 0 radical (unpaired) electrons. The number of alkyl halides is 3. The standard InChI is InChI=1S/C19H20F3N3O2S/c1-12(2)17(26)24-6-8-25(9-7-24)18(27)15-11-28-16(23-15)13-4-3-5-14(10-13)19(20,21)22/h3-5,10-12H,6-9H2,1-2H3. The smallest absolute Gasteiger partial charge is 0.339 e. The number of benzene rings is 1. The van der Waals surface area contributed by atoms with Crippen LogP contribution in [0.2, 0.25) is 0 Å². The van der Waals surface area contributed by atoms with E-state index in [0.717, 1.165) is 23.5 Å². The van der Waals surface area contributed by atoms with E-state index in [-0.39, 0.29) is 23.4 Å². The van der Waals surface area contributed by atoms with E-state index in [9.17, 15) is 22.8 Å². The molecule has 1 aromatic carbocycles. The number of halogens is 3. The van der Waals surface area contributed by atoms with E-state index in [1.807, 2.05) is 13.8 Å². The van der Waals surface area contributed by atoms with Gasteiger partial charge in [0.2, 0.25) is 5.91 Å². The number of rotatable bonds is 3. The van der Waals surface area contributed by atoms with Gasteiger partial charge >= 0.3 is 6.18 Å². The molecule has 2 amide bonds. The number of piperazine rings is 1. The Morgan fingerprint density at radius 1 is 1.11 bits per heavy atom. The lowest BCUT2D eigenvalue weighted by Crippen LogP contribution is -2.51. The first-order chi connectivity index (χ1) is 13.2. The summed E-state index contributed by atoms with van der Waals surface area (Å²) in [6, 6.07) is 4.90. The SMILES string of the molecule is CC(C)C(=O)N1CCN(C(=O)c2csc(-c3cccc(C(F)(F)F)c3)n2)CC1. The number of aromatic nitrogens is 1.